The van der Waals surface area contributed by atoms with E-state index in [0.29, 0.717) is 0 Å². The maximum atomic E-state index is 5.99. The van der Waals surface area contributed by atoms with Crippen molar-refractivity contribution >= 4 is 0 Å². The van der Waals surface area contributed by atoms with Crippen LogP contribution in [-0.4, -0.2) is 37.2 Å². The number of hydrogen-bond donors (Lipinski definition) is 1. The van der Waals surface area contributed by atoms with Crippen LogP contribution in [0.5, 0.6) is 5.75 Å². The van der Waals surface area contributed by atoms with Gasteiger partial charge in [-0.2, -0.15) is 5.48 Å². The molecule has 0 spiro atoms. The summed E-state index contributed by atoms with van der Waals surface area (Å²) in [4.78, 5) is 5.46. The highest BCUT2D eigenvalue weighted by Gasteiger charge is 2.26. The van der Waals surface area contributed by atoms with Crippen molar-refractivity contribution in [3.63, 3.8) is 0 Å². The molecule has 0 aliphatic heterocycles. The summed E-state index contributed by atoms with van der Waals surface area (Å²) in [6, 6.07) is 6.63. The third-order valence-electron chi connectivity index (χ3n) is 7.58. The summed E-state index contributed by atoms with van der Waals surface area (Å²) < 4.78 is 7.16. The van der Waals surface area contributed by atoms with Gasteiger partial charge in [0.05, 0.1) is 26.2 Å². The lowest BCUT2D eigenvalue weighted by atomic mass is 9.76. The Balaban J connectivity index is 2.67. The van der Waals surface area contributed by atoms with Gasteiger partial charge in [-0.3, -0.25) is 0 Å². The van der Waals surface area contributed by atoms with Crippen LogP contribution in [-0.2, 0) is 15.7 Å². The minimum absolute atomic E-state index is 0.0463. The lowest BCUT2D eigenvalue weighted by molar-refractivity contribution is -0.923. The number of hydrogen-bond acceptors (Lipinski definition) is 3. The first-order valence-electron chi connectivity index (χ1n) is 12.3. The Morgan fingerprint density at radius 2 is 1.48 bits per heavy atom. The molecule has 0 fully saturated rings. The lowest BCUT2D eigenvalue weighted by Gasteiger charge is -2.35. The van der Waals surface area contributed by atoms with Crippen molar-refractivity contribution < 1.29 is 14.1 Å². The molecule has 4 heteroatoms. The van der Waals surface area contributed by atoms with E-state index in [1.165, 1.54) is 41.8 Å². The summed E-state index contributed by atoms with van der Waals surface area (Å²) in [5, 5.41) is 0. The summed E-state index contributed by atoms with van der Waals surface area (Å²) >= 11 is 0. The molecule has 1 rings (SSSR count). The second-order valence-corrected chi connectivity index (χ2v) is 9.96. The van der Waals surface area contributed by atoms with Gasteiger partial charge >= 0.3 is 0 Å². The Bertz CT molecular complexity index is 668. The van der Waals surface area contributed by atoms with Crippen LogP contribution in [0, 0.1) is 0 Å². The molecule has 0 saturated heterocycles. The van der Waals surface area contributed by atoms with Gasteiger partial charge in [0.15, 0.2) is 0 Å². The number of nitrogens with zero attached hydrogens (tertiary/aromatic N) is 1. The zero-order chi connectivity index (χ0) is 23.5. The lowest BCUT2D eigenvalue weighted by Crippen LogP contribution is -2.48. The second kappa shape index (κ2) is 12.5. The molecule has 0 aliphatic carbocycles. The number of nitrogens with one attached hydrogen (secondary N) is 1. The number of hydroxylamine groups is 1. The van der Waals surface area contributed by atoms with Gasteiger partial charge in [-0.1, -0.05) is 53.7 Å². The largest absolute Gasteiger partial charge is 0.461 e. The van der Waals surface area contributed by atoms with Crippen molar-refractivity contribution in [2.24, 2.45) is 0 Å². The van der Waals surface area contributed by atoms with E-state index in [1.807, 2.05) is 0 Å². The van der Waals surface area contributed by atoms with Gasteiger partial charge in [0.1, 0.15) is 18.3 Å². The van der Waals surface area contributed by atoms with Crippen LogP contribution in [0.25, 0.3) is 0 Å². The summed E-state index contributed by atoms with van der Waals surface area (Å²) in [6.07, 6.45) is 6.47. The molecule has 0 saturated carbocycles. The van der Waals surface area contributed by atoms with Crippen LogP contribution in [0.15, 0.2) is 30.7 Å². The van der Waals surface area contributed by atoms with Crippen LogP contribution in [0.4, 0.5) is 0 Å². The molecule has 1 aromatic rings. The molecule has 0 unspecified atom stereocenters. The molecule has 0 amide bonds. The van der Waals surface area contributed by atoms with Gasteiger partial charge in [-0.15, -0.1) is 0 Å². The summed E-state index contributed by atoms with van der Waals surface area (Å²) in [7, 11) is 0. The molecule has 0 radical (unpaired) electrons. The molecule has 0 heterocycles. The van der Waals surface area contributed by atoms with E-state index in [2.05, 4.69) is 86.0 Å². The fourth-order valence-electron chi connectivity index (χ4n) is 3.84. The van der Waals surface area contributed by atoms with Crippen LogP contribution in [0.1, 0.15) is 92.7 Å². The Hall–Kier alpha value is -1.52. The summed E-state index contributed by atoms with van der Waals surface area (Å²) in [6.45, 7) is 26.0. The van der Waals surface area contributed by atoms with Gasteiger partial charge in [-0.25, -0.2) is 0 Å². The SMILES string of the molecule is CCC(C)(C)c1ccc(OC=CONCCC[N+](CC)(CC)CC)c(C(C)(C)CC)c1. The average molecular weight is 434 g/mol. The molecule has 178 valence electrons. The fourth-order valence-corrected chi connectivity index (χ4v) is 3.84. The van der Waals surface area contributed by atoms with Crippen LogP contribution >= 0.6 is 0 Å². The molecular formula is C27H49N2O2+. The topological polar surface area (TPSA) is 30.5 Å². The minimum Gasteiger partial charge on any atom is -0.461 e. The molecule has 4 nitrogen and oxygen atoms in total. The van der Waals surface area contributed by atoms with E-state index in [-0.39, 0.29) is 10.8 Å². The molecule has 0 atom stereocenters. The maximum Gasteiger partial charge on any atom is 0.146 e. The Labute approximate surface area is 192 Å². The van der Waals surface area contributed by atoms with Gasteiger partial charge in [0, 0.05) is 18.5 Å². The van der Waals surface area contributed by atoms with E-state index >= 15 is 0 Å². The van der Waals surface area contributed by atoms with Gasteiger partial charge < -0.3 is 14.1 Å². The normalized spacial score (nSPS) is 13.1. The summed E-state index contributed by atoms with van der Waals surface area (Å²) in [5.74, 6) is 0.901. The van der Waals surface area contributed by atoms with Crippen LogP contribution in [0.3, 0.4) is 0 Å². The van der Waals surface area contributed by atoms with E-state index < -0.39 is 0 Å². The van der Waals surface area contributed by atoms with E-state index in [4.69, 9.17) is 9.57 Å². The first kappa shape index (κ1) is 27.5. The predicted molar refractivity (Wildman–Crippen MR) is 133 cm³/mol. The molecule has 1 aromatic carbocycles. The molecule has 0 aromatic heterocycles. The average Bonchev–Trinajstić information content (AvgIpc) is 2.78. The molecule has 31 heavy (non-hydrogen) atoms. The second-order valence-electron chi connectivity index (χ2n) is 9.96. The standard InChI is InChI=1S/C27H49N2O2/c1-10-26(6,7)23-16-17-25(24(22-23)27(8,9)11-2)30-20-21-31-28-18-15-19-29(12-3,13-4)14-5/h16-17,20-22,28H,10-15,18-19H2,1-9H3/q+1. The zero-order valence-corrected chi connectivity index (χ0v) is 21.8. The fraction of sp³-hybridized carbons (Fsp3) is 0.704. The molecular weight excluding hydrogens is 384 g/mol. The Morgan fingerprint density at radius 1 is 0.871 bits per heavy atom. The third-order valence-corrected chi connectivity index (χ3v) is 7.58. The zero-order valence-electron chi connectivity index (χ0n) is 21.8. The number of ether oxygens (including phenoxy) is 1. The van der Waals surface area contributed by atoms with Crippen molar-refractivity contribution in [3.05, 3.63) is 41.9 Å². The monoisotopic (exact) mass is 433 g/mol. The highest BCUT2D eigenvalue weighted by Crippen LogP contribution is 2.38. The smallest absolute Gasteiger partial charge is 0.146 e. The van der Waals surface area contributed by atoms with Crippen molar-refractivity contribution in [1.29, 1.82) is 0 Å². The van der Waals surface area contributed by atoms with Crippen molar-refractivity contribution in [1.82, 2.24) is 5.48 Å². The Kier molecular flexibility index (Phi) is 11.1. The first-order chi connectivity index (χ1) is 14.6. The van der Waals surface area contributed by atoms with Crippen LogP contribution < -0.4 is 10.2 Å². The maximum absolute atomic E-state index is 5.99. The van der Waals surface area contributed by atoms with Crippen molar-refractivity contribution in [2.75, 3.05) is 32.7 Å². The van der Waals surface area contributed by atoms with E-state index in [0.717, 1.165) is 31.6 Å². The van der Waals surface area contributed by atoms with Crippen LogP contribution in [0.2, 0.25) is 0 Å². The highest BCUT2D eigenvalue weighted by atomic mass is 16.6. The number of benzene rings is 1. The summed E-state index contributed by atoms with van der Waals surface area (Å²) in [5.41, 5.74) is 5.85. The van der Waals surface area contributed by atoms with Crippen molar-refractivity contribution in [2.45, 2.75) is 92.4 Å². The predicted octanol–water partition coefficient (Wildman–Crippen LogP) is 6.70. The van der Waals surface area contributed by atoms with Gasteiger partial charge in [0.25, 0.3) is 0 Å². The van der Waals surface area contributed by atoms with Crippen molar-refractivity contribution in [3.8, 4) is 5.75 Å². The highest BCUT2D eigenvalue weighted by molar-refractivity contribution is 5.44. The number of quaternary nitrogens is 1. The van der Waals surface area contributed by atoms with Gasteiger partial charge in [0.2, 0.25) is 0 Å². The first-order valence-corrected chi connectivity index (χ1v) is 12.3. The quantitative estimate of drug-likeness (QED) is 0.144. The van der Waals surface area contributed by atoms with E-state index in [9.17, 15) is 0 Å². The molecule has 1 N–H and O–H groups in total. The Morgan fingerprint density at radius 3 is 2.03 bits per heavy atom. The van der Waals surface area contributed by atoms with Gasteiger partial charge in [-0.05, 0) is 56.1 Å². The molecule has 0 aliphatic rings. The minimum atomic E-state index is 0.0463. The molecule has 0 bridgehead atoms. The third kappa shape index (κ3) is 7.84. The van der Waals surface area contributed by atoms with E-state index in [1.54, 1.807) is 12.5 Å². The number of rotatable bonds is 15.